The van der Waals surface area contributed by atoms with Gasteiger partial charge in [0.1, 0.15) is 5.82 Å². The van der Waals surface area contributed by atoms with Gasteiger partial charge in [-0.1, -0.05) is 16.8 Å². The molecule has 0 spiro atoms. The minimum Gasteiger partial charge on any atom is -0.339 e. The minimum absolute atomic E-state index is 0.121. The number of carbonyl (C=O) groups is 1. The van der Waals surface area contributed by atoms with Gasteiger partial charge in [0, 0.05) is 18.7 Å². The van der Waals surface area contributed by atoms with Gasteiger partial charge in [-0.2, -0.15) is 10.1 Å². The van der Waals surface area contributed by atoms with Gasteiger partial charge in [0.2, 0.25) is 11.7 Å². The summed E-state index contributed by atoms with van der Waals surface area (Å²) in [4.78, 5) is 16.8. The predicted octanol–water partition coefficient (Wildman–Crippen LogP) is 4.58. The summed E-state index contributed by atoms with van der Waals surface area (Å²) in [7, 11) is 0. The lowest BCUT2D eigenvalue weighted by Gasteiger charge is -2.06. The van der Waals surface area contributed by atoms with E-state index in [4.69, 9.17) is 16.1 Å². The highest BCUT2D eigenvalue weighted by molar-refractivity contribution is 6.33. The van der Waals surface area contributed by atoms with E-state index in [0.717, 1.165) is 17.3 Å². The molecule has 7 nitrogen and oxygen atoms in total. The van der Waals surface area contributed by atoms with Crippen LogP contribution in [0.25, 0.3) is 17.1 Å². The number of aromatic nitrogens is 4. The van der Waals surface area contributed by atoms with Crippen LogP contribution in [0.4, 0.5) is 10.1 Å². The first-order valence-electron chi connectivity index (χ1n) is 8.64. The van der Waals surface area contributed by atoms with Crippen LogP contribution >= 0.6 is 11.6 Å². The maximum absolute atomic E-state index is 13.2. The standard InChI is InChI=1S/C20H15ClFN5O2/c1-11-16(20(28)24-18-8-5-14(22)9-17(18)21)10-27(25-11)15-6-3-13(4-7-15)19-23-12(2)29-26-19/h3-10H,1-2H3,(H,24,28). The van der Waals surface area contributed by atoms with Crippen molar-refractivity contribution in [2.24, 2.45) is 0 Å². The molecule has 4 aromatic rings. The Kier molecular flexibility index (Phi) is 4.85. The second-order valence-electron chi connectivity index (χ2n) is 6.33. The molecule has 4 rings (SSSR count). The molecule has 9 heteroatoms. The highest BCUT2D eigenvalue weighted by Gasteiger charge is 2.16. The number of rotatable bonds is 4. The molecule has 0 aliphatic carbocycles. The molecule has 0 aliphatic rings. The van der Waals surface area contributed by atoms with E-state index in [1.54, 1.807) is 24.7 Å². The van der Waals surface area contributed by atoms with E-state index in [0.29, 0.717) is 28.7 Å². The third-order valence-corrected chi connectivity index (χ3v) is 4.55. The monoisotopic (exact) mass is 411 g/mol. The second-order valence-corrected chi connectivity index (χ2v) is 6.74. The lowest BCUT2D eigenvalue weighted by atomic mass is 10.2. The molecule has 0 fully saturated rings. The van der Waals surface area contributed by atoms with Gasteiger partial charge >= 0.3 is 0 Å². The minimum atomic E-state index is -0.476. The van der Waals surface area contributed by atoms with E-state index >= 15 is 0 Å². The molecule has 29 heavy (non-hydrogen) atoms. The second kappa shape index (κ2) is 7.48. The Morgan fingerprint density at radius 3 is 2.59 bits per heavy atom. The SMILES string of the molecule is Cc1nc(-c2ccc(-n3cc(C(=O)Nc4ccc(F)cc4Cl)c(C)n3)cc2)no1. The Bertz CT molecular complexity index is 1200. The molecule has 1 amide bonds. The molecule has 1 N–H and O–H groups in total. The molecule has 146 valence electrons. The van der Waals surface area contributed by atoms with Crippen LogP contribution in [0.15, 0.2) is 53.2 Å². The zero-order valence-electron chi connectivity index (χ0n) is 15.5. The summed E-state index contributed by atoms with van der Waals surface area (Å²) in [6, 6.07) is 11.1. The summed E-state index contributed by atoms with van der Waals surface area (Å²) in [5, 5.41) is 11.1. The van der Waals surface area contributed by atoms with E-state index in [-0.39, 0.29) is 10.9 Å². The Hall–Kier alpha value is -3.52. The first kappa shape index (κ1) is 18.8. The van der Waals surface area contributed by atoms with Crippen molar-refractivity contribution in [2.75, 3.05) is 5.32 Å². The predicted molar refractivity (Wildman–Crippen MR) is 106 cm³/mol. The molecule has 0 bridgehead atoms. The first-order chi connectivity index (χ1) is 13.9. The fourth-order valence-electron chi connectivity index (χ4n) is 2.78. The molecule has 0 saturated carbocycles. The maximum atomic E-state index is 13.2. The number of nitrogens with zero attached hydrogens (tertiary/aromatic N) is 4. The number of hydrogen-bond acceptors (Lipinski definition) is 5. The smallest absolute Gasteiger partial charge is 0.259 e. The van der Waals surface area contributed by atoms with E-state index in [9.17, 15) is 9.18 Å². The summed E-state index contributed by atoms with van der Waals surface area (Å²) < 4.78 is 19.8. The number of aryl methyl sites for hydroxylation is 2. The van der Waals surface area contributed by atoms with Gasteiger partial charge in [-0.05, 0) is 49.4 Å². The van der Waals surface area contributed by atoms with Gasteiger partial charge in [-0.15, -0.1) is 0 Å². The highest BCUT2D eigenvalue weighted by atomic mass is 35.5. The van der Waals surface area contributed by atoms with Gasteiger partial charge in [0.05, 0.1) is 27.7 Å². The van der Waals surface area contributed by atoms with Crippen LogP contribution in [-0.4, -0.2) is 25.8 Å². The van der Waals surface area contributed by atoms with Gasteiger partial charge in [0.25, 0.3) is 5.91 Å². The first-order valence-corrected chi connectivity index (χ1v) is 9.02. The van der Waals surface area contributed by atoms with Gasteiger partial charge in [-0.25, -0.2) is 9.07 Å². The molecule has 0 radical (unpaired) electrons. The number of benzene rings is 2. The molecular formula is C20H15ClFN5O2. The van der Waals surface area contributed by atoms with Crippen LogP contribution in [0.1, 0.15) is 21.9 Å². The molecule has 0 aliphatic heterocycles. The van der Waals surface area contributed by atoms with Crippen LogP contribution in [0.2, 0.25) is 5.02 Å². The maximum Gasteiger partial charge on any atom is 0.259 e. The van der Waals surface area contributed by atoms with E-state index in [1.165, 1.54) is 12.1 Å². The fourth-order valence-corrected chi connectivity index (χ4v) is 2.99. The van der Waals surface area contributed by atoms with Crippen molar-refractivity contribution in [3.05, 3.63) is 76.6 Å². The van der Waals surface area contributed by atoms with Crippen molar-refractivity contribution in [3.8, 4) is 17.1 Å². The zero-order chi connectivity index (χ0) is 20.5. The lowest BCUT2D eigenvalue weighted by molar-refractivity contribution is 0.102. The van der Waals surface area contributed by atoms with E-state index in [2.05, 4.69) is 20.6 Å². The summed E-state index contributed by atoms with van der Waals surface area (Å²) in [6.07, 6.45) is 1.62. The van der Waals surface area contributed by atoms with Crippen molar-refractivity contribution < 1.29 is 13.7 Å². The molecule has 2 aromatic carbocycles. The molecule has 2 aromatic heterocycles. The number of carbonyl (C=O) groups excluding carboxylic acids is 1. The Labute approximate surface area is 170 Å². The summed E-state index contributed by atoms with van der Waals surface area (Å²) in [5.41, 5.74) is 2.81. The number of amides is 1. The average molecular weight is 412 g/mol. The zero-order valence-corrected chi connectivity index (χ0v) is 16.2. The molecule has 2 heterocycles. The largest absolute Gasteiger partial charge is 0.339 e. The average Bonchev–Trinajstić information content (AvgIpc) is 3.30. The summed E-state index contributed by atoms with van der Waals surface area (Å²) in [5.74, 6) is 0.128. The Morgan fingerprint density at radius 2 is 1.93 bits per heavy atom. The number of nitrogens with one attached hydrogen (secondary N) is 1. The number of anilines is 1. The number of hydrogen-bond donors (Lipinski definition) is 1. The van der Waals surface area contributed by atoms with Crippen LogP contribution in [0, 0.1) is 19.7 Å². The van der Waals surface area contributed by atoms with E-state index < -0.39 is 5.82 Å². The fraction of sp³-hybridized carbons (Fsp3) is 0.100. The van der Waals surface area contributed by atoms with Gasteiger partial charge in [-0.3, -0.25) is 4.79 Å². The van der Waals surface area contributed by atoms with Crippen molar-refractivity contribution >= 4 is 23.2 Å². The van der Waals surface area contributed by atoms with Crippen LogP contribution < -0.4 is 5.32 Å². The summed E-state index contributed by atoms with van der Waals surface area (Å²) >= 11 is 5.98. The van der Waals surface area contributed by atoms with Crippen LogP contribution in [0.5, 0.6) is 0 Å². The normalized spacial score (nSPS) is 10.9. The number of halogens is 2. The third kappa shape index (κ3) is 3.88. The molecular weight excluding hydrogens is 397 g/mol. The molecule has 0 unspecified atom stereocenters. The Balaban J connectivity index is 1.56. The topological polar surface area (TPSA) is 85.8 Å². The quantitative estimate of drug-likeness (QED) is 0.531. The van der Waals surface area contributed by atoms with Crippen molar-refractivity contribution in [2.45, 2.75) is 13.8 Å². The third-order valence-electron chi connectivity index (χ3n) is 4.24. The van der Waals surface area contributed by atoms with Crippen molar-refractivity contribution in [1.29, 1.82) is 0 Å². The summed E-state index contributed by atoms with van der Waals surface area (Å²) in [6.45, 7) is 3.46. The molecule has 0 atom stereocenters. The molecule has 0 saturated heterocycles. The van der Waals surface area contributed by atoms with Gasteiger partial charge in [0.15, 0.2) is 0 Å². The van der Waals surface area contributed by atoms with Crippen LogP contribution in [0.3, 0.4) is 0 Å². The highest BCUT2D eigenvalue weighted by Crippen LogP contribution is 2.24. The van der Waals surface area contributed by atoms with Crippen LogP contribution in [-0.2, 0) is 0 Å². The Morgan fingerprint density at radius 1 is 1.17 bits per heavy atom. The van der Waals surface area contributed by atoms with E-state index in [1.807, 2.05) is 24.3 Å². The van der Waals surface area contributed by atoms with Gasteiger partial charge < -0.3 is 9.84 Å². The van der Waals surface area contributed by atoms with Crippen molar-refractivity contribution in [1.82, 2.24) is 19.9 Å². The van der Waals surface area contributed by atoms with Crippen molar-refractivity contribution in [3.63, 3.8) is 0 Å². The lowest BCUT2D eigenvalue weighted by Crippen LogP contribution is -2.12.